The van der Waals surface area contributed by atoms with Crippen LogP contribution < -0.4 is 4.74 Å². The van der Waals surface area contributed by atoms with Gasteiger partial charge in [-0.3, -0.25) is 0 Å². The van der Waals surface area contributed by atoms with Gasteiger partial charge in [0.2, 0.25) is 5.88 Å². The number of halogens is 1. The second-order valence-electron chi connectivity index (χ2n) is 5.25. The van der Waals surface area contributed by atoms with Crippen molar-refractivity contribution in [3.63, 3.8) is 0 Å². The molecule has 1 saturated carbocycles. The Balaban J connectivity index is 1.47. The molecule has 1 aromatic heterocycles. The predicted octanol–water partition coefficient (Wildman–Crippen LogP) is 3.84. The number of ether oxygens (including phenoxy) is 2. The van der Waals surface area contributed by atoms with Gasteiger partial charge in [-0.05, 0) is 27.6 Å². The summed E-state index contributed by atoms with van der Waals surface area (Å²) < 4.78 is 12.4. The highest BCUT2D eigenvalue weighted by Gasteiger charge is 2.32. The zero-order valence-corrected chi connectivity index (χ0v) is 13.5. The summed E-state index contributed by atoms with van der Waals surface area (Å²) in [5.41, 5.74) is 1.62. The first-order valence-corrected chi connectivity index (χ1v) is 7.91. The Hall–Kier alpha value is -1.90. The van der Waals surface area contributed by atoms with E-state index in [2.05, 4.69) is 39.1 Å². The zero-order chi connectivity index (χ0) is 15.4. The van der Waals surface area contributed by atoms with Crippen molar-refractivity contribution in [3.05, 3.63) is 58.2 Å². The molecule has 22 heavy (non-hydrogen) atoms. The number of rotatable bonds is 5. The topological polar surface area (TPSA) is 55.1 Å². The molecule has 1 fully saturated rings. The molecule has 0 aliphatic heterocycles. The summed E-state index contributed by atoms with van der Waals surface area (Å²) in [6, 6.07) is 13.9. The smallest absolute Gasteiger partial charge is 0.231 e. The van der Waals surface area contributed by atoms with Crippen molar-refractivity contribution in [2.75, 3.05) is 0 Å². The van der Waals surface area contributed by atoms with E-state index in [1.165, 1.54) is 5.56 Å². The lowest BCUT2D eigenvalue weighted by Crippen LogP contribution is -2.39. The van der Waals surface area contributed by atoms with Crippen LogP contribution in [0.25, 0.3) is 0 Å². The summed E-state index contributed by atoms with van der Waals surface area (Å²) in [4.78, 5) is 4.16. The molecule has 3 rings (SSSR count). The largest absolute Gasteiger partial charge is 0.473 e. The first-order valence-electron chi connectivity index (χ1n) is 7.12. The van der Waals surface area contributed by atoms with Gasteiger partial charge in [-0.2, -0.15) is 5.26 Å². The normalized spacial score (nSPS) is 20.0. The maximum absolute atomic E-state index is 9.09. The third kappa shape index (κ3) is 3.65. The quantitative estimate of drug-likeness (QED) is 0.814. The second kappa shape index (κ2) is 6.91. The first-order chi connectivity index (χ1) is 10.7. The van der Waals surface area contributed by atoms with Crippen LogP contribution in [0.2, 0.25) is 0 Å². The van der Waals surface area contributed by atoms with E-state index >= 15 is 0 Å². The van der Waals surface area contributed by atoms with Crippen LogP contribution in [0.3, 0.4) is 0 Å². The molecule has 1 aliphatic rings. The summed E-state index contributed by atoms with van der Waals surface area (Å²) in [6.45, 7) is 0.623. The molecule has 0 atom stereocenters. The van der Waals surface area contributed by atoms with E-state index in [9.17, 15) is 0 Å². The maximum Gasteiger partial charge on any atom is 0.231 e. The Morgan fingerprint density at radius 2 is 2.00 bits per heavy atom. The lowest BCUT2D eigenvalue weighted by atomic mass is 9.92. The Morgan fingerprint density at radius 3 is 2.73 bits per heavy atom. The van der Waals surface area contributed by atoms with Crippen molar-refractivity contribution in [1.82, 2.24) is 4.98 Å². The minimum absolute atomic E-state index is 0.0709. The van der Waals surface area contributed by atoms with Gasteiger partial charge in [-0.15, -0.1) is 0 Å². The third-order valence-corrected chi connectivity index (χ3v) is 4.03. The molecule has 0 spiro atoms. The van der Waals surface area contributed by atoms with E-state index in [4.69, 9.17) is 14.7 Å². The van der Waals surface area contributed by atoms with Crippen LogP contribution in [0, 0.1) is 11.3 Å². The van der Waals surface area contributed by atoms with Crippen LogP contribution in [-0.4, -0.2) is 17.2 Å². The van der Waals surface area contributed by atoms with Gasteiger partial charge in [-0.25, -0.2) is 4.98 Å². The average Bonchev–Trinajstić information content (AvgIpc) is 2.51. The van der Waals surface area contributed by atoms with E-state index in [0.717, 1.165) is 17.3 Å². The number of nitriles is 1. The van der Waals surface area contributed by atoms with E-state index in [1.54, 1.807) is 12.3 Å². The SMILES string of the molecule is N#Cc1cc(Br)cnc1O[C@H]1C[C@@H](OCc2ccccc2)C1. The highest BCUT2D eigenvalue weighted by molar-refractivity contribution is 9.10. The van der Waals surface area contributed by atoms with Crippen molar-refractivity contribution < 1.29 is 9.47 Å². The van der Waals surface area contributed by atoms with Gasteiger partial charge >= 0.3 is 0 Å². The molecule has 112 valence electrons. The number of pyridine rings is 1. The Bertz CT molecular complexity index is 679. The van der Waals surface area contributed by atoms with Gasteiger partial charge in [0.1, 0.15) is 17.7 Å². The highest BCUT2D eigenvalue weighted by atomic mass is 79.9. The minimum Gasteiger partial charge on any atom is -0.473 e. The molecule has 0 amide bonds. The molecule has 1 aromatic carbocycles. The lowest BCUT2D eigenvalue weighted by Gasteiger charge is -2.34. The second-order valence-corrected chi connectivity index (χ2v) is 6.16. The molecule has 0 radical (unpaired) electrons. The molecule has 1 heterocycles. The number of hydrogen-bond acceptors (Lipinski definition) is 4. The fourth-order valence-corrected chi connectivity index (χ4v) is 2.63. The standard InChI is InChI=1S/C17H15BrN2O2/c18-14-6-13(9-19)17(20-10-14)22-16-7-15(8-16)21-11-12-4-2-1-3-5-12/h1-6,10,15-16H,7-8,11H2/t15-,16+. The van der Waals surface area contributed by atoms with E-state index in [1.807, 2.05) is 18.2 Å². The molecule has 5 heteroatoms. The number of hydrogen-bond donors (Lipinski definition) is 0. The Labute approximate surface area is 137 Å². The average molecular weight is 359 g/mol. The maximum atomic E-state index is 9.09. The van der Waals surface area contributed by atoms with Crippen LogP contribution >= 0.6 is 15.9 Å². The van der Waals surface area contributed by atoms with E-state index in [-0.39, 0.29) is 12.2 Å². The predicted molar refractivity (Wildman–Crippen MR) is 85.3 cm³/mol. The third-order valence-electron chi connectivity index (χ3n) is 3.60. The van der Waals surface area contributed by atoms with Crippen molar-refractivity contribution >= 4 is 15.9 Å². The van der Waals surface area contributed by atoms with Crippen molar-refractivity contribution in [1.29, 1.82) is 5.26 Å². The molecule has 0 saturated heterocycles. The molecule has 0 bridgehead atoms. The van der Waals surface area contributed by atoms with Crippen LogP contribution in [0.5, 0.6) is 5.88 Å². The molecule has 1 aliphatic carbocycles. The fraction of sp³-hybridized carbons (Fsp3) is 0.294. The summed E-state index contributed by atoms with van der Waals surface area (Å²) >= 11 is 3.30. The fourth-order valence-electron chi connectivity index (χ4n) is 2.30. The summed E-state index contributed by atoms with van der Waals surface area (Å²) in [5, 5.41) is 9.09. The Morgan fingerprint density at radius 1 is 1.23 bits per heavy atom. The Kier molecular flexibility index (Phi) is 4.71. The molecule has 0 unspecified atom stereocenters. The molecule has 2 aromatic rings. The minimum atomic E-state index is 0.0709. The molecular weight excluding hydrogens is 344 g/mol. The van der Waals surface area contributed by atoms with Crippen LogP contribution in [0.15, 0.2) is 47.1 Å². The molecular formula is C17H15BrN2O2. The van der Waals surface area contributed by atoms with Crippen molar-refractivity contribution in [3.8, 4) is 11.9 Å². The first kappa shape index (κ1) is 15.0. The number of benzene rings is 1. The van der Waals surface area contributed by atoms with Gasteiger partial charge in [0.25, 0.3) is 0 Å². The summed E-state index contributed by atoms with van der Waals surface area (Å²) in [5.74, 6) is 0.400. The van der Waals surface area contributed by atoms with Crippen LogP contribution in [0.4, 0.5) is 0 Å². The lowest BCUT2D eigenvalue weighted by molar-refractivity contribution is -0.0695. The van der Waals surface area contributed by atoms with E-state index < -0.39 is 0 Å². The van der Waals surface area contributed by atoms with Gasteiger partial charge in [0.05, 0.1) is 12.7 Å². The van der Waals surface area contributed by atoms with Gasteiger partial charge < -0.3 is 9.47 Å². The molecule has 0 N–H and O–H groups in total. The van der Waals surface area contributed by atoms with Crippen LogP contribution in [0.1, 0.15) is 24.0 Å². The summed E-state index contributed by atoms with van der Waals surface area (Å²) in [6.07, 6.45) is 3.58. The van der Waals surface area contributed by atoms with Crippen LogP contribution in [-0.2, 0) is 11.3 Å². The van der Waals surface area contributed by atoms with Gasteiger partial charge in [0, 0.05) is 23.5 Å². The zero-order valence-electron chi connectivity index (χ0n) is 11.9. The van der Waals surface area contributed by atoms with Crippen molar-refractivity contribution in [2.45, 2.75) is 31.7 Å². The number of aromatic nitrogens is 1. The monoisotopic (exact) mass is 358 g/mol. The van der Waals surface area contributed by atoms with Gasteiger partial charge in [0.15, 0.2) is 0 Å². The summed E-state index contributed by atoms with van der Waals surface area (Å²) in [7, 11) is 0. The van der Waals surface area contributed by atoms with E-state index in [0.29, 0.717) is 18.1 Å². The van der Waals surface area contributed by atoms with Gasteiger partial charge in [-0.1, -0.05) is 30.3 Å². The molecule has 4 nitrogen and oxygen atoms in total. The number of nitrogens with zero attached hydrogens (tertiary/aromatic N) is 2. The van der Waals surface area contributed by atoms with Crippen molar-refractivity contribution in [2.24, 2.45) is 0 Å². The highest BCUT2D eigenvalue weighted by Crippen LogP contribution is 2.30.